The van der Waals surface area contributed by atoms with Gasteiger partial charge < -0.3 is 36.1 Å². The van der Waals surface area contributed by atoms with Crippen LogP contribution in [0.1, 0.15) is 19.8 Å². The number of hydrogen-bond donors (Lipinski definition) is 5. The first-order chi connectivity index (χ1) is 14.6. The first kappa shape index (κ1) is 26.4. The predicted molar refractivity (Wildman–Crippen MR) is 128 cm³/mol. The summed E-state index contributed by atoms with van der Waals surface area (Å²) in [6, 6.07) is 6.69. The molecule has 12 heteroatoms. The van der Waals surface area contributed by atoms with Gasteiger partial charge in [-0.25, -0.2) is 0 Å². The zero-order chi connectivity index (χ0) is 22.8. The van der Waals surface area contributed by atoms with Crippen molar-refractivity contribution in [2.24, 2.45) is 24.4 Å². The number of nitrogens with zero attached hydrogens (tertiary/aromatic N) is 2. The molecule has 0 saturated carbocycles. The van der Waals surface area contributed by atoms with Gasteiger partial charge in [-0.05, 0) is 36.7 Å². The molecule has 3 rings (SSSR count). The number of benzene rings is 1. The molecular weight excluding hydrogens is 458 g/mol. The van der Waals surface area contributed by atoms with Gasteiger partial charge in [-0.3, -0.25) is 9.59 Å². The van der Waals surface area contributed by atoms with Crippen LogP contribution in [0.4, 0.5) is 0 Å². The third-order valence-electron chi connectivity index (χ3n) is 5.80. The molecule has 1 saturated heterocycles. The molecule has 178 valence electrons. The molecule has 0 bridgehead atoms. The van der Waals surface area contributed by atoms with Crippen molar-refractivity contribution in [3.05, 3.63) is 36.0 Å². The molecule has 1 aliphatic rings. The molecule has 0 aliphatic carbocycles. The highest BCUT2D eigenvalue weighted by molar-refractivity contribution is 6.40. The number of aromatic nitrogens is 1. The van der Waals surface area contributed by atoms with Crippen LogP contribution < -0.4 is 11.5 Å². The third-order valence-corrected chi connectivity index (χ3v) is 5.80. The molecule has 0 spiro atoms. The highest BCUT2D eigenvalue weighted by atomic mass is 35.5. The molecule has 9 nitrogen and oxygen atoms in total. The third kappa shape index (κ3) is 6.15. The fourth-order valence-electron chi connectivity index (χ4n) is 4.31. The number of carbonyl (C=O) groups is 2. The van der Waals surface area contributed by atoms with Crippen molar-refractivity contribution < 1.29 is 26.1 Å². The van der Waals surface area contributed by atoms with Gasteiger partial charge in [-0.15, -0.1) is 24.8 Å². The Hall–Kier alpha value is -1.82. The summed E-state index contributed by atoms with van der Waals surface area (Å²) < 4.78 is 9.47. The molecule has 1 aromatic heterocycles. The summed E-state index contributed by atoms with van der Waals surface area (Å²) in [5, 5.41) is 28.8. The van der Waals surface area contributed by atoms with Crippen LogP contribution in [-0.4, -0.2) is 68.3 Å². The molecule has 2 heterocycles. The quantitative estimate of drug-likeness (QED) is 0.352. The Labute approximate surface area is 201 Å². The number of amides is 1. The summed E-state index contributed by atoms with van der Waals surface area (Å²) in [6.45, 7) is 0.113. The molecule has 1 aliphatic heterocycles. The normalized spacial score (nSPS) is 21.8. The van der Waals surface area contributed by atoms with E-state index in [9.17, 15) is 14.7 Å². The Bertz CT molecular complexity index is 966. The van der Waals surface area contributed by atoms with Gasteiger partial charge in [0.2, 0.25) is 5.91 Å². The number of halogens is 2. The molecule has 1 fully saturated rings. The van der Waals surface area contributed by atoms with Crippen LogP contribution in [-0.2, 0) is 23.0 Å². The molecule has 32 heavy (non-hydrogen) atoms. The van der Waals surface area contributed by atoms with E-state index in [1.54, 1.807) is 4.57 Å². The molecular formula is C20H31BCl2N4O5. The van der Waals surface area contributed by atoms with E-state index in [4.69, 9.17) is 22.9 Å². The highest BCUT2D eigenvalue weighted by Crippen LogP contribution is 2.29. The van der Waals surface area contributed by atoms with Gasteiger partial charge in [0.05, 0.1) is 6.04 Å². The Morgan fingerprint density at radius 1 is 1.34 bits per heavy atom. The van der Waals surface area contributed by atoms with Gasteiger partial charge in [0.25, 0.3) is 0 Å². The van der Waals surface area contributed by atoms with Crippen LogP contribution in [0.25, 0.3) is 10.9 Å². The SMILES string of the molecule is Cl.Cl.[2H]Cn1cc(C[C@H](N)C(=O)N2C[C@@H](CCB(O)O)C[C@](N)(C(=O)O)C2)c2ccccc21. The van der Waals surface area contributed by atoms with E-state index in [1.807, 2.05) is 30.5 Å². The van der Waals surface area contributed by atoms with E-state index >= 15 is 0 Å². The van der Waals surface area contributed by atoms with Crippen LogP contribution in [0.5, 0.6) is 0 Å². The minimum Gasteiger partial charge on any atom is -0.480 e. The fraction of sp³-hybridized carbons (Fsp3) is 0.500. The zero-order valence-electron chi connectivity index (χ0n) is 18.6. The summed E-state index contributed by atoms with van der Waals surface area (Å²) in [4.78, 5) is 26.3. The van der Waals surface area contributed by atoms with Crippen molar-refractivity contribution in [2.45, 2.75) is 37.2 Å². The summed E-state index contributed by atoms with van der Waals surface area (Å²) >= 11 is 0. The minimum atomic E-state index is -1.61. The second-order valence-electron chi connectivity index (χ2n) is 8.26. The van der Waals surface area contributed by atoms with Crippen molar-refractivity contribution in [2.75, 3.05) is 13.1 Å². The van der Waals surface area contributed by atoms with E-state index in [-0.39, 0.29) is 70.0 Å². The number of aryl methyl sites for hydroxylation is 1. The number of fused-ring (bicyclic) bond motifs is 1. The average Bonchev–Trinajstić information content (AvgIpc) is 3.09. The number of piperidine rings is 1. The summed E-state index contributed by atoms with van der Waals surface area (Å²) in [6.07, 6.45) is 2.61. The van der Waals surface area contributed by atoms with Gasteiger partial charge in [0.1, 0.15) is 5.54 Å². The number of carboxylic acid groups (broad SMARTS) is 1. The number of likely N-dealkylation sites (tertiary alicyclic amines) is 1. The van der Waals surface area contributed by atoms with Crippen LogP contribution in [0.2, 0.25) is 6.32 Å². The van der Waals surface area contributed by atoms with E-state index in [0.29, 0.717) is 6.42 Å². The number of aliphatic carboxylic acids is 1. The van der Waals surface area contributed by atoms with Crippen molar-refractivity contribution in [3.8, 4) is 0 Å². The summed E-state index contributed by atoms with van der Waals surface area (Å²) in [7, 11) is -1.46. The maximum Gasteiger partial charge on any atom is 0.451 e. The van der Waals surface area contributed by atoms with Crippen LogP contribution >= 0.6 is 24.8 Å². The van der Waals surface area contributed by atoms with Crippen LogP contribution in [0.3, 0.4) is 0 Å². The molecule has 7 N–H and O–H groups in total. The smallest absolute Gasteiger partial charge is 0.451 e. The largest absolute Gasteiger partial charge is 0.480 e. The molecule has 1 amide bonds. The van der Waals surface area contributed by atoms with E-state index in [2.05, 4.69) is 0 Å². The van der Waals surface area contributed by atoms with Crippen molar-refractivity contribution in [3.63, 3.8) is 0 Å². The number of hydrogen-bond acceptors (Lipinski definition) is 6. The second kappa shape index (κ2) is 11.4. The van der Waals surface area contributed by atoms with E-state index < -0.39 is 30.6 Å². The lowest BCUT2D eigenvalue weighted by molar-refractivity contribution is -0.149. The summed E-state index contributed by atoms with van der Waals surface area (Å²) in [5.74, 6) is -1.88. The Kier molecular flexibility index (Phi) is 9.38. The number of carbonyl (C=O) groups excluding carboxylic acids is 1. The standard InChI is InChI=1S/C20H29BN4O5.2ClH/c1-24-11-14(15-4-2-3-5-17(15)24)8-16(22)18(26)25-10-13(6-7-21(29)30)9-20(23,12-25)19(27)28;;/h2-5,11,13,16,29-30H,6-10,12,22-23H2,1H3,(H,27,28);2*1H/t13-,16-,20+;;/m0../s1/i1D;;. The number of para-hydroxylation sites is 1. The Balaban J connectivity index is 0.00000272. The molecule has 1 aromatic carbocycles. The first-order valence-electron chi connectivity index (χ1n) is 10.6. The maximum absolute atomic E-state index is 13.1. The molecule has 0 unspecified atom stereocenters. The van der Waals surface area contributed by atoms with E-state index in [1.165, 1.54) is 4.90 Å². The van der Waals surface area contributed by atoms with Crippen LogP contribution in [0, 0.1) is 5.92 Å². The first-order valence-corrected chi connectivity index (χ1v) is 9.93. The summed E-state index contributed by atoms with van der Waals surface area (Å²) in [5.41, 5.74) is 12.5. The van der Waals surface area contributed by atoms with Crippen molar-refractivity contribution in [1.29, 1.82) is 0 Å². The molecule has 2 aromatic rings. The van der Waals surface area contributed by atoms with Gasteiger partial charge in [-0.2, -0.15) is 0 Å². The van der Waals surface area contributed by atoms with Crippen LogP contribution in [0.15, 0.2) is 30.5 Å². The predicted octanol–water partition coefficient (Wildman–Crippen LogP) is 0.385. The minimum absolute atomic E-state index is 0. The fourth-order valence-corrected chi connectivity index (χ4v) is 4.31. The zero-order valence-corrected chi connectivity index (χ0v) is 19.2. The highest BCUT2D eigenvalue weighted by Gasteiger charge is 2.44. The lowest BCUT2D eigenvalue weighted by atomic mass is 9.75. The molecule has 3 atom stereocenters. The lowest BCUT2D eigenvalue weighted by Crippen LogP contribution is -2.64. The molecule has 0 radical (unpaired) electrons. The monoisotopic (exact) mass is 489 g/mol. The second-order valence-corrected chi connectivity index (χ2v) is 8.26. The topological polar surface area (TPSA) is 155 Å². The number of nitrogens with two attached hydrogens (primary N) is 2. The van der Waals surface area contributed by atoms with Crippen molar-refractivity contribution in [1.82, 2.24) is 9.47 Å². The lowest BCUT2D eigenvalue weighted by Gasteiger charge is -2.42. The van der Waals surface area contributed by atoms with Gasteiger partial charge >= 0.3 is 13.1 Å². The Morgan fingerprint density at radius 3 is 2.66 bits per heavy atom. The van der Waals surface area contributed by atoms with Crippen molar-refractivity contribution >= 4 is 54.7 Å². The number of rotatable bonds is 7. The van der Waals surface area contributed by atoms with E-state index in [0.717, 1.165) is 16.5 Å². The maximum atomic E-state index is 13.1. The van der Waals surface area contributed by atoms with Gasteiger partial charge in [0, 0.05) is 38.6 Å². The number of carboxylic acids is 1. The average molecular weight is 490 g/mol. The van der Waals surface area contributed by atoms with Gasteiger partial charge in [-0.1, -0.05) is 24.6 Å². The van der Waals surface area contributed by atoms with Gasteiger partial charge in [0.15, 0.2) is 0 Å². The Morgan fingerprint density at radius 2 is 2.03 bits per heavy atom.